The number of benzene rings is 2. The van der Waals surface area contributed by atoms with E-state index in [-0.39, 0.29) is 11.5 Å². The van der Waals surface area contributed by atoms with Gasteiger partial charge < -0.3 is 19.5 Å². The van der Waals surface area contributed by atoms with Gasteiger partial charge in [-0.3, -0.25) is 4.79 Å². The van der Waals surface area contributed by atoms with Crippen LogP contribution in [0.3, 0.4) is 0 Å². The fourth-order valence-electron chi connectivity index (χ4n) is 2.78. The first-order valence-corrected chi connectivity index (χ1v) is 9.63. The Bertz CT molecular complexity index is 1070. The van der Waals surface area contributed by atoms with E-state index < -0.39 is 24.3 Å². The Morgan fingerprint density at radius 3 is 2.72 bits per heavy atom. The smallest absolute Gasteiger partial charge is 0.349 e. The molecule has 6 nitrogen and oxygen atoms in total. The van der Waals surface area contributed by atoms with Crippen molar-refractivity contribution in [1.29, 1.82) is 0 Å². The van der Waals surface area contributed by atoms with Crippen molar-refractivity contribution in [2.45, 2.75) is 6.61 Å². The number of halogens is 2. The second-order valence-electron chi connectivity index (χ2n) is 5.92. The molecule has 0 unspecified atom stereocenters. The number of carbonyl (C=O) groups excluding carboxylic acids is 2. The summed E-state index contributed by atoms with van der Waals surface area (Å²) in [5.74, 6) is -1.34. The van der Waals surface area contributed by atoms with Crippen molar-refractivity contribution < 1.29 is 28.2 Å². The summed E-state index contributed by atoms with van der Waals surface area (Å²) in [5.41, 5.74) is 0.748. The zero-order valence-electron chi connectivity index (χ0n) is 15.6. The molecule has 0 radical (unpaired) electrons. The molecule has 152 valence electrons. The molecule has 0 saturated heterocycles. The van der Waals surface area contributed by atoms with Gasteiger partial charge >= 0.3 is 5.97 Å². The third kappa shape index (κ3) is 4.67. The molecule has 0 fully saturated rings. The highest BCUT2D eigenvalue weighted by Crippen LogP contribution is 2.34. The fraction of sp³-hybridized carbons (Fsp3) is 0.200. The predicted molar refractivity (Wildman–Crippen MR) is 109 cm³/mol. The van der Waals surface area contributed by atoms with Crippen molar-refractivity contribution in [1.82, 2.24) is 0 Å². The molecular weight excluding hydrogens is 421 g/mol. The standard InChI is InChI=1S/C20H17ClFNO5S/c1-26-9-12-18-13(22)4-3-5-16(18)29-19(12)20(25)28-10-17(24)23-14-8-11(21)6-7-15(14)27-2/h3-8H,9-10H2,1-2H3,(H,23,24). The van der Waals surface area contributed by atoms with Crippen LogP contribution >= 0.6 is 22.9 Å². The van der Waals surface area contributed by atoms with Gasteiger partial charge in [0, 0.05) is 27.8 Å². The van der Waals surface area contributed by atoms with E-state index in [0.717, 1.165) is 11.3 Å². The molecule has 0 atom stereocenters. The minimum absolute atomic E-state index is 0.0390. The lowest BCUT2D eigenvalue weighted by molar-refractivity contribution is -0.119. The molecular formula is C20H17ClFNO5S. The van der Waals surface area contributed by atoms with Crippen LogP contribution in [0.25, 0.3) is 10.1 Å². The summed E-state index contributed by atoms with van der Waals surface area (Å²) in [6.45, 7) is -0.491. The lowest BCUT2D eigenvalue weighted by Crippen LogP contribution is -2.21. The summed E-state index contributed by atoms with van der Waals surface area (Å²) in [5, 5.41) is 3.31. The summed E-state index contributed by atoms with van der Waals surface area (Å²) in [6.07, 6.45) is 0. The fourth-order valence-corrected chi connectivity index (χ4v) is 4.06. The van der Waals surface area contributed by atoms with E-state index >= 15 is 0 Å². The summed E-state index contributed by atoms with van der Waals surface area (Å²) in [7, 11) is 2.90. The van der Waals surface area contributed by atoms with Gasteiger partial charge in [-0.25, -0.2) is 9.18 Å². The summed E-state index contributed by atoms with van der Waals surface area (Å²) >= 11 is 7.02. The van der Waals surface area contributed by atoms with Crippen molar-refractivity contribution in [3.05, 3.63) is 57.7 Å². The highest BCUT2D eigenvalue weighted by atomic mass is 35.5. The molecule has 3 aromatic rings. The van der Waals surface area contributed by atoms with Gasteiger partial charge in [-0.1, -0.05) is 17.7 Å². The molecule has 1 amide bonds. The van der Waals surface area contributed by atoms with Crippen LogP contribution in [0.4, 0.5) is 10.1 Å². The Balaban J connectivity index is 1.74. The van der Waals surface area contributed by atoms with E-state index in [1.54, 1.807) is 24.3 Å². The van der Waals surface area contributed by atoms with Gasteiger partial charge in [0.15, 0.2) is 6.61 Å². The highest BCUT2D eigenvalue weighted by Gasteiger charge is 2.22. The number of hydrogen-bond acceptors (Lipinski definition) is 6. The van der Waals surface area contributed by atoms with Gasteiger partial charge in [0.25, 0.3) is 5.91 Å². The number of carbonyl (C=O) groups is 2. The van der Waals surface area contributed by atoms with Crippen LogP contribution in [0.1, 0.15) is 15.2 Å². The SMILES string of the molecule is COCc1c(C(=O)OCC(=O)Nc2cc(Cl)ccc2OC)sc2cccc(F)c12. The van der Waals surface area contributed by atoms with Gasteiger partial charge in [-0.15, -0.1) is 11.3 Å². The first-order chi connectivity index (χ1) is 13.9. The van der Waals surface area contributed by atoms with Crippen LogP contribution in [0.15, 0.2) is 36.4 Å². The normalized spacial score (nSPS) is 10.8. The van der Waals surface area contributed by atoms with Crippen LogP contribution in [0, 0.1) is 5.82 Å². The Labute approximate surface area is 175 Å². The van der Waals surface area contributed by atoms with Crippen molar-refractivity contribution in [2.24, 2.45) is 0 Å². The molecule has 2 aromatic carbocycles. The third-order valence-corrected chi connectivity index (χ3v) is 5.42. The van der Waals surface area contributed by atoms with E-state index in [4.69, 9.17) is 25.8 Å². The van der Waals surface area contributed by atoms with Crippen molar-refractivity contribution in [3.63, 3.8) is 0 Å². The number of methoxy groups -OCH3 is 2. The molecule has 1 aromatic heterocycles. The number of amides is 1. The quantitative estimate of drug-likeness (QED) is 0.545. The molecule has 0 aliphatic rings. The second-order valence-corrected chi connectivity index (χ2v) is 7.41. The van der Waals surface area contributed by atoms with Gasteiger partial charge in [-0.05, 0) is 30.3 Å². The maximum absolute atomic E-state index is 14.2. The number of fused-ring (bicyclic) bond motifs is 1. The minimum Gasteiger partial charge on any atom is -0.495 e. The molecule has 29 heavy (non-hydrogen) atoms. The molecule has 0 aliphatic carbocycles. The maximum atomic E-state index is 14.2. The summed E-state index contributed by atoms with van der Waals surface area (Å²) in [6, 6.07) is 9.32. The highest BCUT2D eigenvalue weighted by molar-refractivity contribution is 7.21. The Kier molecular flexibility index (Phi) is 6.68. The van der Waals surface area contributed by atoms with Gasteiger partial charge in [0.05, 0.1) is 19.4 Å². The van der Waals surface area contributed by atoms with Crippen LogP contribution in [-0.4, -0.2) is 32.7 Å². The van der Waals surface area contributed by atoms with E-state index in [1.165, 1.54) is 26.4 Å². The molecule has 0 bridgehead atoms. The van der Waals surface area contributed by atoms with Crippen molar-refractivity contribution in [2.75, 3.05) is 26.1 Å². The molecule has 1 N–H and O–H groups in total. The Hall–Kier alpha value is -2.68. The zero-order valence-corrected chi connectivity index (χ0v) is 17.2. The van der Waals surface area contributed by atoms with E-state index in [0.29, 0.717) is 32.1 Å². The van der Waals surface area contributed by atoms with E-state index in [1.807, 2.05) is 0 Å². The molecule has 0 aliphatic heterocycles. The van der Waals surface area contributed by atoms with Crippen LogP contribution < -0.4 is 10.1 Å². The molecule has 3 rings (SSSR count). The van der Waals surface area contributed by atoms with Crippen LogP contribution in [0.2, 0.25) is 5.02 Å². The predicted octanol–water partition coefficient (Wildman–Crippen LogP) is 4.64. The topological polar surface area (TPSA) is 73.9 Å². The minimum atomic E-state index is -0.731. The number of esters is 1. The zero-order chi connectivity index (χ0) is 21.0. The number of rotatable bonds is 7. The molecule has 1 heterocycles. The lowest BCUT2D eigenvalue weighted by Gasteiger charge is -2.11. The summed E-state index contributed by atoms with van der Waals surface area (Å²) in [4.78, 5) is 24.9. The molecule has 0 spiro atoms. The van der Waals surface area contributed by atoms with Crippen LogP contribution in [-0.2, 0) is 20.9 Å². The lowest BCUT2D eigenvalue weighted by atomic mass is 10.1. The Morgan fingerprint density at radius 1 is 1.21 bits per heavy atom. The molecule has 0 saturated carbocycles. The average Bonchev–Trinajstić information content (AvgIpc) is 3.06. The van der Waals surface area contributed by atoms with Crippen LogP contribution in [0.5, 0.6) is 5.75 Å². The second kappa shape index (κ2) is 9.21. The Morgan fingerprint density at radius 2 is 2.00 bits per heavy atom. The monoisotopic (exact) mass is 437 g/mol. The van der Waals surface area contributed by atoms with Gasteiger partial charge in [0.1, 0.15) is 16.4 Å². The first kappa shape index (κ1) is 21.0. The van der Waals surface area contributed by atoms with Gasteiger partial charge in [0.2, 0.25) is 0 Å². The maximum Gasteiger partial charge on any atom is 0.349 e. The number of thiophene rings is 1. The number of anilines is 1. The van der Waals surface area contributed by atoms with E-state index in [9.17, 15) is 14.0 Å². The largest absolute Gasteiger partial charge is 0.495 e. The summed E-state index contributed by atoms with van der Waals surface area (Å²) < 4.78 is 30.2. The third-order valence-electron chi connectivity index (χ3n) is 4.01. The van der Waals surface area contributed by atoms with E-state index in [2.05, 4.69) is 5.32 Å². The van der Waals surface area contributed by atoms with Crippen molar-refractivity contribution >= 4 is 50.6 Å². The number of hydrogen-bond donors (Lipinski definition) is 1. The number of nitrogens with one attached hydrogen (secondary N) is 1. The number of ether oxygens (including phenoxy) is 3. The van der Waals surface area contributed by atoms with Gasteiger partial charge in [-0.2, -0.15) is 0 Å². The van der Waals surface area contributed by atoms with Crippen molar-refractivity contribution in [3.8, 4) is 5.75 Å². The first-order valence-electron chi connectivity index (χ1n) is 8.44. The average molecular weight is 438 g/mol. The molecule has 9 heteroatoms.